The van der Waals surface area contributed by atoms with Crippen molar-refractivity contribution in [2.75, 3.05) is 7.05 Å². The smallest absolute Gasteiger partial charge is 0.295 e. The maximum absolute atomic E-state index is 11.2. The van der Waals surface area contributed by atoms with E-state index in [-0.39, 0.29) is 10.5 Å². The maximum Gasteiger partial charge on any atom is 0.295 e. The Hall–Kier alpha value is -1.40. The van der Waals surface area contributed by atoms with Crippen molar-refractivity contribution in [3.05, 3.63) is 29.8 Å². The van der Waals surface area contributed by atoms with E-state index in [2.05, 4.69) is 5.32 Å². The third kappa shape index (κ3) is 2.09. The second-order valence-corrected chi connectivity index (χ2v) is 3.94. The molecule has 0 heterocycles. The SMILES string of the molecule is CNC(=O)c1ccccc1S(=O)(=O)O. The minimum atomic E-state index is -4.35. The van der Waals surface area contributed by atoms with Crippen molar-refractivity contribution in [3.63, 3.8) is 0 Å². The first kappa shape index (κ1) is 10.7. The van der Waals surface area contributed by atoms with Crippen LogP contribution in [-0.2, 0) is 10.1 Å². The van der Waals surface area contributed by atoms with Crippen LogP contribution in [0.4, 0.5) is 0 Å². The topological polar surface area (TPSA) is 83.5 Å². The zero-order chi connectivity index (χ0) is 10.8. The lowest BCUT2D eigenvalue weighted by atomic mass is 10.2. The molecule has 5 nitrogen and oxygen atoms in total. The minimum absolute atomic E-state index is 0.0718. The predicted octanol–water partition coefficient (Wildman–Crippen LogP) is 0.293. The average molecular weight is 215 g/mol. The molecular formula is C8H9NO4S. The first-order valence-electron chi connectivity index (χ1n) is 3.75. The highest BCUT2D eigenvalue weighted by Gasteiger charge is 2.18. The Morgan fingerprint density at radius 1 is 1.36 bits per heavy atom. The Morgan fingerprint density at radius 2 is 1.93 bits per heavy atom. The maximum atomic E-state index is 11.2. The first-order chi connectivity index (χ1) is 6.46. The Morgan fingerprint density at radius 3 is 2.43 bits per heavy atom. The van der Waals surface area contributed by atoms with Gasteiger partial charge in [-0.2, -0.15) is 8.42 Å². The highest BCUT2D eigenvalue weighted by Crippen LogP contribution is 2.14. The summed E-state index contributed by atoms with van der Waals surface area (Å²) in [6, 6.07) is 5.43. The number of amides is 1. The lowest BCUT2D eigenvalue weighted by Gasteiger charge is -2.04. The molecule has 0 saturated carbocycles. The van der Waals surface area contributed by atoms with Gasteiger partial charge >= 0.3 is 0 Å². The molecule has 2 N–H and O–H groups in total. The van der Waals surface area contributed by atoms with Gasteiger partial charge in [-0.3, -0.25) is 9.35 Å². The van der Waals surface area contributed by atoms with Gasteiger partial charge in [-0.05, 0) is 12.1 Å². The van der Waals surface area contributed by atoms with Crippen molar-refractivity contribution in [3.8, 4) is 0 Å². The van der Waals surface area contributed by atoms with E-state index >= 15 is 0 Å². The number of rotatable bonds is 2. The molecule has 0 aliphatic carbocycles. The van der Waals surface area contributed by atoms with Crippen molar-refractivity contribution in [1.29, 1.82) is 0 Å². The standard InChI is InChI=1S/C8H9NO4S/c1-9-8(10)6-4-2-3-5-7(6)14(11,12)13/h2-5H,1H3,(H,9,10)(H,11,12,13). The van der Waals surface area contributed by atoms with Gasteiger partial charge < -0.3 is 5.32 Å². The summed E-state index contributed by atoms with van der Waals surface area (Å²) < 4.78 is 30.5. The van der Waals surface area contributed by atoms with E-state index in [0.717, 1.165) is 0 Å². The van der Waals surface area contributed by atoms with E-state index in [1.54, 1.807) is 0 Å². The molecule has 1 aromatic carbocycles. The van der Waals surface area contributed by atoms with Gasteiger partial charge in [0.05, 0.1) is 5.56 Å². The normalized spacial score (nSPS) is 11.0. The third-order valence-electron chi connectivity index (χ3n) is 1.64. The lowest BCUT2D eigenvalue weighted by molar-refractivity contribution is 0.0959. The molecule has 14 heavy (non-hydrogen) atoms. The van der Waals surface area contributed by atoms with E-state index in [1.807, 2.05) is 0 Å². The summed E-state index contributed by atoms with van der Waals surface area (Å²) in [7, 11) is -2.97. The quantitative estimate of drug-likeness (QED) is 0.695. The van der Waals surface area contributed by atoms with Crippen molar-refractivity contribution in [1.82, 2.24) is 5.32 Å². The van der Waals surface area contributed by atoms with Gasteiger partial charge in [-0.25, -0.2) is 0 Å². The van der Waals surface area contributed by atoms with Gasteiger partial charge in [0.2, 0.25) is 0 Å². The van der Waals surface area contributed by atoms with Crippen molar-refractivity contribution < 1.29 is 17.8 Å². The summed E-state index contributed by atoms with van der Waals surface area (Å²) in [6.45, 7) is 0. The molecule has 1 amide bonds. The van der Waals surface area contributed by atoms with Crippen LogP contribution in [0.3, 0.4) is 0 Å². The second-order valence-electron chi connectivity index (χ2n) is 2.55. The Balaban J connectivity index is 3.38. The summed E-state index contributed by atoms with van der Waals surface area (Å²) in [5, 5.41) is 2.28. The molecule has 0 spiro atoms. The number of carbonyl (C=O) groups excluding carboxylic acids is 1. The highest BCUT2D eigenvalue weighted by molar-refractivity contribution is 7.86. The van der Waals surface area contributed by atoms with Crippen LogP contribution in [0.25, 0.3) is 0 Å². The van der Waals surface area contributed by atoms with Gasteiger partial charge in [0, 0.05) is 7.05 Å². The summed E-state index contributed by atoms with van der Waals surface area (Å²) in [6.07, 6.45) is 0. The molecule has 1 aromatic rings. The van der Waals surface area contributed by atoms with Crippen LogP contribution in [0.15, 0.2) is 29.2 Å². The molecule has 0 aromatic heterocycles. The molecule has 0 atom stereocenters. The molecule has 0 fully saturated rings. The number of nitrogens with one attached hydrogen (secondary N) is 1. The fourth-order valence-corrected chi connectivity index (χ4v) is 1.70. The van der Waals surface area contributed by atoms with E-state index in [9.17, 15) is 13.2 Å². The number of hydrogen-bond acceptors (Lipinski definition) is 3. The van der Waals surface area contributed by atoms with Gasteiger partial charge in [0.1, 0.15) is 4.90 Å². The van der Waals surface area contributed by atoms with Crippen LogP contribution in [-0.4, -0.2) is 25.9 Å². The van der Waals surface area contributed by atoms with Crippen LogP contribution in [0.5, 0.6) is 0 Å². The van der Waals surface area contributed by atoms with Crippen molar-refractivity contribution in [2.45, 2.75) is 4.90 Å². The number of carbonyl (C=O) groups is 1. The van der Waals surface area contributed by atoms with E-state index in [0.29, 0.717) is 0 Å². The molecule has 76 valence electrons. The molecule has 0 radical (unpaired) electrons. The zero-order valence-electron chi connectivity index (χ0n) is 7.39. The molecule has 1 rings (SSSR count). The first-order valence-corrected chi connectivity index (χ1v) is 5.19. The van der Waals surface area contributed by atoms with E-state index < -0.39 is 16.0 Å². The van der Waals surface area contributed by atoms with Crippen LogP contribution < -0.4 is 5.32 Å². The van der Waals surface area contributed by atoms with Crippen LogP contribution in [0.1, 0.15) is 10.4 Å². The van der Waals surface area contributed by atoms with Crippen molar-refractivity contribution >= 4 is 16.0 Å². The molecule has 0 aliphatic heterocycles. The Bertz CT molecular complexity index is 452. The second kappa shape index (κ2) is 3.77. The Kier molecular flexibility index (Phi) is 2.87. The summed E-state index contributed by atoms with van der Waals surface area (Å²) >= 11 is 0. The fraction of sp³-hybridized carbons (Fsp3) is 0.125. The molecule has 0 bridgehead atoms. The van der Waals surface area contributed by atoms with Gasteiger partial charge in [-0.1, -0.05) is 12.1 Å². The monoisotopic (exact) mass is 215 g/mol. The van der Waals surface area contributed by atoms with Crippen LogP contribution >= 0.6 is 0 Å². The van der Waals surface area contributed by atoms with Crippen LogP contribution in [0.2, 0.25) is 0 Å². The van der Waals surface area contributed by atoms with Crippen molar-refractivity contribution in [2.24, 2.45) is 0 Å². The lowest BCUT2D eigenvalue weighted by Crippen LogP contribution is -2.20. The minimum Gasteiger partial charge on any atom is -0.355 e. The van der Waals surface area contributed by atoms with Gasteiger partial charge in [0.25, 0.3) is 16.0 Å². The molecule has 0 aliphatic rings. The molecular weight excluding hydrogens is 206 g/mol. The number of hydrogen-bond donors (Lipinski definition) is 2. The van der Waals surface area contributed by atoms with Crippen LogP contribution in [0, 0.1) is 0 Å². The van der Waals surface area contributed by atoms with E-state index in [1.165, 1.54) is 31.3 Å². The molecule has 0 unspecified atom stereocenters. The fourth-order valence-electron chi connectivity index (χ4n) is 1.01. The zero-order valence-corrected chi connectivity index (χ0v) is 8.21. The highest BCUT2D eigenvalue weighted by atomic mass is 32.2. The summed E-state index contributed by atoms with van der Waals surface area (Å²) in [4.78, 5) is 10.8. The Labute approximate surface area is 81.5 Å². The number of benzene rings is 1. The van der Waals surface area contributed by atoms with Gasteiger partial charge in [-0.15, -0.1) is 0 Å². The largest absolute Gasteiger partial charge is 0.355 e. The molecule has 0 saturated heterocycles. The average Bonchev–Trinajstić information content (AvgIpc) is 2.15. The van der Waals surface area contributed by atoms with E-state index in [4.69, 9.17) is 4.55 Å². The predicted molar refractivity (Wildman–Crippen MR) is 49.6 cm³/mol. The van der Waals surface area contributed by atoms with Gasteiger partial charge in [0.15, 0.2) is 0 Å². The molecule has 6 heteroatoms. The summed E-state index contributed by atoms with van der Waals surface area (Å²) in [5.41, 5.74) is -0.0718. The third-order valence-corrected chi connectivity index (χ3v) is 2.55. The summed E-state index contributed by atoms with van der Waals surface area (Å²) in [5.74, 6) is -0.557.